The number of rotatable bonds is 7. The quantitative estimate of drug-likeness (QED) is 0.691. The lowest BCUT2D eigenvalue weighted by atomic mass is 10.2. The normalized spacial score (nSPS) is 16.8. The zero-order chi connectivity index (χ0) is 17.6. The number of nitrogens with zero attached hydrogens (tertiary/aromatic N) is 2. The van der Waals surface area contributed by atoms with Crippen LogP contribution in [0.25, 0.3) is 0 Å². The van der Waals surface area contributed by atoms with E-state index in [0.717, 1.165) is 24.5 Å². The number of hydrogen-bond acceptors (Lipinski definition) is 6. The van der Waals surface area contributed by atoms with Crippen molar-refractivity contribution in [1.82, 2.24) is 10.2 Å². The van der Waals surface area contributed by atoms with E-state index >= 15 is 0 Å². The zero-order valence-corrected chi connectivity index (χ0v) is 15.7. The van der Waals surface area contributed by atoms with Crippen LogP contribution in [0.4, 0.5) is 5.13 Å². The molecule has 0 bridgehead atoms. The summed E-state index contributed by atoms with van der Waals surface area (Å²) in [6, 6.07) is 5.03. The van der Waals surface area contributed by atoms with Crippen molar-refractivity contribution in [2.75, 3.05) is 18.5 Å². The molecule has 1 fully saturated rings. The molecule has 2 aromatic rings. The van der Waals surface area contributed by atoms with Crippen LogP contribution in [0, 0.1) is 0 Å². The molecule has 1 unspecified atom stereocenters. The van der Waals surface area contributed by atoms with Crippen molar-refractivity contribution in [1.29, 1.82) is 0 Å². The number of carbonyl (C=O) groups excluding carboxylic acids is 1. The summed E-state index contributed by atoms with van der Waals surface area (Å²) in [5.41, 5.74) is 0. The Balaban J connectivity index is 1.39. The Bertz CT molecular complexity index is 735. The fourth-order valence-electron chi connectivity index (χ4n) is 2.38. The molecule has 0 aliphatic carbocycles. The van der Waals surface area contributed by atoms with Gasteiger partial charge in [0.2, 0.25) is 11.0 Å². The number of nitrogens with one attached hydrogen (secondary N) is 1. The second kappa shape index (κ2) is 8.80. The van der Waals surface area contributed by atoms with Crippen LogP contribution in [0.5, 0.6) is 5.75 Å². The molecule has 1 aromatic heterocycles. The van der Waals surface area contributed by atoms with Crippen LogP contribution in [0.2, 0.25) is 10.0 Å². The highest BCUT2D eigenvalue weighted by atomic mass is 35.5. The topological polar surface area (TPSA) is 73.3 Å². The molecule has 1 N–H and O–H groups in total. The monoisotopic (exact) mass is 401 g/mol. The molecule has 2 heterocycles. The van der Waals surface area contributed by atoms with Crippen molar-refractivity contribution in [3.05, 3.63) is 33.3 Å². The lowest BCUT2D eigenvalue weighted by Gasteiger charge is -2.08. The van der Waals surface area contributed by atoms with Gasteiger partial charge in [-0.15, -0.1) is 10.2 Å². The van der Waals surface area contributed by atoms with Gasteiger partial charge in [0.05, 0.1) is 11.6 Å². The number of amides is 1. The molecule has 1 aromatic carbocycles. The third-order valence-electron chi connectivity index (χ3n) is 3.59. The first-order valence-corrected chi connectivity index (χ1v) is 9.52. The van der Waals surface area contributed by atoms with Crippen molar-refractivity contribution in [2.45, 2.75) is 31.8 Å². The third-order valence-corrected chi connectivity index (χ3v) is 5.05. The number of hydrogen-bond donors (Lipinski definition) is 1. The molecule has 134 valence electrons. The highest BCUT2D eigenvalue weighted by Gasteiger charge is 2.22. The molecule has 1 aliphatic heterocycles. The summed E-state index contributed by atoms with van der Waals surface area (Å²) < 4.78 is 11.1. The highest BCUT2D eigenvalue weighted by Crippen LogP contribution is 2.32. The minimum absolute atomic E-state index is 0.0145. The number of benzene rings is 1. The molecule has 1 saturated heterocycles. The molecule has 1 atom stereocenters. The van der Waals surface area contributed by atoms with Gasteiger partial charge in [-0.2, -0.15) is 0 Å². The van der Waals surface area contributed by atoms with Gasteiger partial charge in [0.1, 0.15) is 16.9 Å². The summed E-state index contributed by atoms with van der Waals surface area (Å²) in [6.07, 6.45) is 2.87. The lowest BCUT2D eigenvalue weighted by Crippen LogP contribution is -2.12. The number of carbonyl (C=O) groups is 1. The van der Waals surface area contributed by atoms with Crippen molar-refractivity contribution in [3.8, 4) is 5.75 Å². The molecule has 9 heteroatoms. The minimum Gasteiger partial charge on any atom is -0.492 e. The first kappa shape index (κ1) is 18.4. The largest absolute Gasteiger partial charge is 0.492 e. The van der Waals surface area contributed by atoms with Crippen LogP contribution in [0.1, 0.15) is 36.8 Å². The molecular formula is C16H17Cl2N3O3S. The smallest absolute Gasteiger partial charge is 0.226 e. The number of aromatic nitrogens is 2. The van der Waals surface area contributed by atoms with Gasteiger partial charge in [0, 0.05) is 18.1 Å². The third kappa shape index (κ3) is 5.28. The summed E-state index contributed by atoms with van der Waals surface area (Å²) in [5.74, 6) is 0.428. The number of halogens is 2. The summed E-state index contributed by atoms with van der Waals surface area (Å²) in [6.45, 7) is 1.13. The molecule has 1 aliphatic rings. The van der Waals surface area contributed by atoms with E-state index in [-0.39, 0.29) is 12.0 Å². The number of anilines is 1. The Morgan fingerprint density at radius 2 is 2.28 bits per heavy atom. The highest BCUT2D eigenvalue weighted by molar-refractivity contribution is 7.15. The Morgan fingerprint density at radius 3 is 3.04 bits per heavy atom. The van der Waals surface area contributed by atoms with Gasteiger partial charge < -0.3 is 14.8 Å². The molecule has 0 saturated carbocycles. The summed E-state index contributed by atoms with van der Waals surface area (Å²) in [4.78, 5) is 12.0. The minimum atomic E-state index is -0.124. The van der Waals surface area contributed by atoms with E-state index in [1.54, 1.807) is 18.2 Å². The van der Waals surface area contributed by atoms with E-state index in [2.05, 4.69) is 15.5 Å². The predicted octanol–water partition coefficient (Wildman–Crippen LogP) is 4.49. The average Bonchev–Trinajstić information content (AvgIpc) is 3.24. The molecule has 1 amide bonds. The average molecular weight is 402 g/mol. The van der Waals surface area contributed by atoms with Gasteiger partial charge in [-0.1, -0.05) is 34.5 Å². The van der Waals surface area contributed by atoms with Gasteiger partial charge in [-0.25, -0.2) is 0 Å². The molecular weight excluding hydrogens is 385 g/mol. The Hall–Kier alpha value is -1.41. The van der Waals surface area contributed by atoms with Crippen molar-refractivity contribution >= 4 is 45.6 Å². The van der Waals surface area contributed by atoms with Crippen molar-refractivity contribution < 1.29 is 14.3 Å². The maximum Gasteiger partial charge on any atom is 0.226 e. The van der Waals surface area contributed by atoms with Gasteiger partial charge in [0.15, 0.2) is 0 Å². The molecule has 3 rings (SSSR count). The number of ether oxygens (including phenoxy) is 2. The van der Waals surface area contributed by atoms with E-state index < -0.39 is 0 Å². The molecule has 6 nitrogen and oxygen atoms in total. The van der Waals surface area contributed by atoms with E-state index in [1.807, 2.05) is 0 Å². The maximum atomic E-state index is 12.0. The van der Waals surface area contributed by atoms with Crippen molar-refractivity contribution in [3.63, 3.8) is 0 Å². The molecule has 0 spiro atoms. The standard InChI is InChI=1S/C16H17Cl2N3O3S/c17-10-5-6-12(11(18)9-10)23-8-2-4-14(22)19-16-21-20-15(25-16)13-3-1-7-24-13/h5-6,9,13H,1-4,7-8H2,(H,19,21,22). The second-order valence-electron chi connectivity index (χ2n) is 5.52. The summed E-state index contributed by atoms with van der Waals surface area (Å²) in [7, 11) is 0. The van der Waals surface area contributed by atoms with Crippen LogP contribution < -0.4 is 10.1 Å². The first-order valence-electron chi connectivity index (χ1n) is 7.94. The Labute approximate surface area is 159 Å². The predicted molar refractivity (Wildman–Crippen MR) is 97.7 cm³/mol. The van der Waals surface area contributed by atoms with E-state index in [0.29, 0.717) is 40.4 Å². The maximum absolute atomic E-state index is 12.0. The summed E-state index contributed by atoms with van der Waals surface area (Å²) >= 11 is 13.2. The van der Waals surface area contributed by atoms with Crippen LogP contribution in [-0.2, 0) is 9.53 Å². The van der Waals surface area contributed by atoms with Crippen LogP contribution >= 0.6 is 34.5 Å². The van der Waals surface area contributed by atoms with Crippen LogP contribution in [0.15, 0.2) is 18.2 Å². The van der Waals surface area contributed by atoms with Gasteiger partial charge in [-0.3, -0.25) is 4.79 Å². The van der Waals surface area contributed by atoms with Gasteiger partial charge in [0.25, 0.3) is 0 Å². The van der Waals surface area contributed by atoms with E-state index in [1.165, 1.54) is 11.3 Å². The second-order valence-corrected chi connectivity index (χ2v) is 7.37. The van der Waals surface area contributed by atoms with Crippen LogP contribution in [0.3, 0.4) is 0 Å². The Kier molecular flexibility index (Phi) is 6.47. The van der Waals surface area contributed by atoms with Crippen molar-refractivity contribution in [2.24, 2.45) is 0 Å². The molecule has 25 heavy (non-hydrogen) atoms. The fourth-order valence-corrected chi connectivity index (χ4v) is 3.68. The fraction of sp³-hybridized carbons (Fsp3) is 0.438. The first-order chi connectivity index (χ1) is 12.1. The summed E-state index contributed by atoms with van der Waals surface area (Å²) in [5, 5.41) is 13.1. The zero-order valence-electron chi connectivity index (χ0n) is 13.3. The lowest BCUT2D eigenvalue weighted by molar-refractivity contribution is -0.116. The van der Waals surface area contributed by atoms with Crippen LogP contribution in [-0.4, -0.2) is 29.3 Å². The molecule has 0 radical (unpaired) electrons. The Morgan fingerprint density at radius 1 is 1.40 bits per heavy atom. The van der Waals surface area contributed by atoms with Gasteiger partial charge in [-0.05, 0) is 37.5 Å². The van der Waals surface area contributed by atoms with E-state index in [9.17, 15) is 4.79 Å². The van der Waals surface area contributed by atoms with Gasteiger partial charge >= 0.3 is 0 Å². The SMILES string of the molecule is O=C(CCCOc1ccc(Cl)cc1Cl)Nc1nnc(C2CCCO2)s1. The van der Waals surface area contributed by atoms with E-state index in [4.69, 9.17) is 32.7 Å².